The minimum absolute atomic E-state index is 0.0280. The molecule has 2 aromatic rings. The molecule has 0 saturated carbocycles. The van der Waals surface area contributed by atoms with Gasteiger partial charge in [-0.3, -0.25) is 9.69 Å². The van der Waals surface area contributed by atoms with Crippen molar-refractivity contribution in [1.29, 1.82) is 0 Å². The van der Waals surface area contributed by atoms with Crippen LogP contribution in [0.1, 0.15) is 18.5 Å². The van der Waals surface area contributed by atoms with Crippen molar-refractivity contribution in [2.45, 2.75) is 25.4 Å². The Hall–Kier alpha value is -1.99. The van der Waals surface area contributed by atoms with E-state index >= 15 is 0 Å². The van der Waals surface area contributed by atoms with Crippen LogP contribution < -0.4 is 5.32 Å². The molecule has 1 aromatic heterocycles. The summed E-state index contributed by atoms with van der Waals surface area (Å²) >= 11 is 5.79. The number of halogens is 2. The van der Waals surface area contributed by atoms with Gasteiger partial charge in [-0.2, -0.15) is 0 Å². The number of carbonyl (C=O) groups excluding carboxylic acids is 1. The van der Waals surface area contributed by atoms with Crippen molar-refractivity contribution in [2.75, 3.05) is 13.6 Å². The minimum Gasteiger partial charge on any atom is -0.358 e. The van der Waals surface area contributed by atoms with Crippen molar-refractivity contribution in [3.63, 3.8) is 0 Å². The number of amides is 1. The van der Waals surface area contributed by atoms with Crippen LogP contribution in [0.4, 0.5) is 4.39 Å². The molecule has 1 aliphatic heterocycles. The number of aromatic nitrogens is 3. The summed E-state index contributed by atoms with van der Waals surface area (Å²) in [5, 5.41) is 10.9. The second-order valence-corrected chi connectivity index (χ2v) is 5.90. The molecule has 1 aliphatic rings. The molecule has 0 radical (unpaired) electrons. The standard InChI is InChI=1S/C15H17ClFN5O/c1-18-15(23)14-3-2-6-21(14)8-10-9-22(20-19-10)11-4-5-13(17)12(16)7-11/h4-5,7,9,14H,2-3,6,8H2,1H3,(H,18,23)/t14-/m1/s1. The van der Waals surface area contributed by atoms with Crippen LogP contribution in [0.3, 0.4) is 0 Å². The highest BCUT2D eigenvalue weighted by Gasteiger charge is 2.30. The third-order valence-corrected chi connectivity index (χ3v) is 4.28. The fourth-order valence-electron chi connectivity index (χ4n) is 2.81. The molecule has 6 nitrogen and oxygen atoms in total. The average Bonchev–Trinajstić information content (AvgIpc) is 3.19. The largest absolute Gasteiger partial charge is 0.358 e. The van der Waals surface area contributed by atoms with Gasteiger partial charge in [-0.25, -0.2) is 9.07 Å². The lowest BCUT2D eigenvalue weighted by atomic mass is 10.2. The summed E-state index contributed by atoms with van der Waals surface area (Å²) < 4.78 is 14.8. The number of nitrogens with one attached hydrogen (secondary N) is 1. The summed E-state index contributed by atoms with van der Waals surface area (Å²) in [6, 6.07) is 4.26. The number of benzene rings is 1. The molecular weight excluding hydrogens is 321 g/mol. The first-order chi connectivity index (χ1) is 11.1. The molecule has 0 aliphatic carbocycles. The Bertz CT molecular complexity index is 720. The molecule has 23 heavy (non-hydrogen) atoms. The van der Waals surface area contributed by atoms with E-state index in [1.807, 2.05) is 0 Å². The molecule has 1 N–H and O–H groups in total. The Balaban J connectivity index is 1.74. The lowest BCUT2D eigenvalue weighted by Gasteiger charge is -2.21. The molecule has 1 saturated heterocycles. The Morgan fingerprint density at radius 3 is 3.09 bits per heavy atom. The average molecular weight is 338 g/mol. The molecule has 1 fully saturated rings. The highest BCUT2D eigenvalue weighted by molar-refractivity contribution is 6.30. The van der Waals surface area contributed by atoms with Gasteiger partial charge in [0.1, 0.15) is 5.82 Å². The summed E-state index contributed by atoms with van der Waals surface area (Å²) in [5.74, 6) is -0.443. The summed E-state index contributed by atoms with van der Waals surface area (Å²) in [4.78, 5) is 14.0. The van der Waals surface area contributed by atoms with Crippen LogP contribution in [0.25, 0.3) is 5.69 Å². The fourth-order valence-corrected chi connectivity index (χ4v) is 2.99. The van der Waals surface area contributed by atoms with Gasteiger partial charge in [0.2, 0.25) is 5.91 Å². The molecule has 3 rings (SSSR count). The number of likely N-dealkylation sites (N-methyl/N-ethyl adjacent to an activating group) is 1. The topological polar surface area (TPSA) is 63.1 Å². The van der Waals surface area contributed by atoms with Gasteiger partial charge in [0.05, 0.1) is 28.6 Å². The third kappa shape index (κ3) is 3.35. The van der Waals surface area contributed by atoms with E-state index in [-0.39, 0.29) is 17.0 Å². The van der Waals surface area contributed by atoms with Crippen molar-refractivity contribution in [1.82, 2.24) is 25.2 Å². The quantitative estimate of drug-likeness (QED) is 0.923. The summed E-state index contributed by atoms with van der Waals surface area (Å²) in [6.07, 6.45) is 3.60. The van der Waals surface area contributed by atoms with Crippen LogP contribution in [0.5, 0.6) is 0 Å². The fraction of sp³-hybridized carbons (Fsp3) is 0.400. The SMILES string of the molecule is CNC(=O)[C@H]1CCCN1Cc1cn(-c2ccc(F)c(Cl)c2)nn1. The predicted molar refractivity (Wildman–Crippen MR) is 83.8 cm³/mol. The van der Waals surface area contributed by atoms with Gasteiger partial charge >= 0.3 is 0 Å². The summed E-state index contributed by atoms with van der Waals surface area (Å²) in [6.45, 7) is 1.40. The number of carbonyl (C=O) groups is 1. The zero-order chi connectivity index (χ0) is 16.4. The number of nitrogens with zero attached hydrogens (tertiary/aromatic N) is 4. The van der Waals surface area contributed by atoms with Crippen molar-refractivity contribution in [3.05, 3.63) is 40.9 Å². The first-order valence-corrected chi connectivity index (χ1v) is 7.78. The smallest absolute Gasteiger partial charge is 0.237 e. The molecular formula is C15H17ClFN5O. The highest BCUT2D eigenvalue weighted by atomic mass is 35.5. The third-order valence-electron chi connectivity index (χ3n) is 3.99. The van der Waals surface area contributed by atoms with Crippen LogP contribution in [-0.2, 0) is 11.3 Å². The minimum atomic E-state index is -0.471. The van der Waals surface area contributed by atoms with Gasteiger partial charge in [0.25, 0.3) is 0 Å². The van der Waals surface area contributed by atoms with Crippen molar-refractivity contribution >= 4 is 17.5 Å². The molecule has 1 amide bonds. The van der Waals surface area contributed by atoms with Gasteiger partial charge in [0.15, 0.2) is 0 Å². The molecule has 1 atom stereocenters. The van der Waals surface area contributed by atoms with Crippen LogP contribution in [-0.4, -0.2) is 45.4 Å². The van der Waals surface area contributed by atoms with Gasteiger partial charge in [-0.1, -0.05) is 16.8 Å². The van der Waals surface area contributed by atoms with E-state index in [2.05, 4.69) is 20.5 Å². The maximum atomic E-state index is 13.2. The van der Waals surface area contributed by atoms with Crippen molar-refractivity contribution in [2.24, 2.45) is 0 Å². The zero-order valence-electron chi connectivity index (χ0n) is 12.7. The Labute approximate surface area is 138 Å². The molecule has 0 bridgehead atoms. The first-order valence-electron chi connectivity index (χ1n) is 7.41. The van der Waals surface area contributed by atoms with E-state index in [0.717, 1.165) is 25.1 Å². The van der Waals surface area contributed by atoms with Crippen LogP contribution in [0, 0.1) is 5.82 Å². The molecule has 2 heterocycles. The highest BCUT2D eigenvalue weighted by Crippen LogP contribution is 2.21. The Kier molecular flexibility index (Phi) is 4.58. The molecule has 8 heteroatoms. The normalized spacial score (nSPS) is 18.3. The van der Waals surface area contributed by atoms with Crippen LogP contribution >= 0.6 is 11.6 Å². The van der Waals surface area contributed by atoms with Gasteiger partial charge in [0, 0.05) is 13.6 Å². The number of hydrogen-bond acceptors (Lipinski definition) is 4. The summed E-state index contributed by atoms with van der Waals surface area (Å²) in [5.41, 5.74) is 1.39. The maximum absolute atomic E-state index is 13.2. The monoisotopic (exact) mass is 337 g/mol. The second kappa shape index (κ2) is 6.64. The molecule has 0 unspecified atom stereocenters. The Morgan fingerprint density at radius 1 is 1.52 bits per heavy atom. The molecule has 122 valence electrons. The van der Waals surface area contributed by atoms with Gasteiger partial charge < -0.3 is 5.32 Å². The van der Waals surface area contributed by atoms with Gasteiger partial charge in [-0.05, 0) is 37.6 Å². The summed E-state index contributed by atoms with van der Waals surface area (Å²) in [7, 11) is 1.65. The number of rotatable bonds is 4. The van der Waals surface area contributed by atoms with Crippen LogP contribution in [0.15, 0.2) is 24.4 Å². The van der Waals surface area contributed by atoms with E-state index in [1.54, 1.807) is 24.0 Å². The lowest BCUT2D eigenvalue weighted by Crippen LogP contribution is -2.41. The predicted octanol–water partition coefficient (Wildman–Crippen LogP) is 1.77. The van der Waals surface area contributed by atoms with E-state index in [4.69, 9.17) is 11.6 Å². The van der Waals surface area contributed by atoms with E-state index < -0.39 is 5.82 Å². The van der Waals surface area contributed by atoms with Crippen molar-refractivity contribution < 1.29 is 9.18 Å². The molecule has 1 aromatic carbocycles. The van der Waals surface area contributed by atoms with Crippen molar-refractivity contribution in [3.8, 4) is 5.69 Å². The maximum Gasteiger partial charge on any atom is 0.237 e. The molecule has 0 spiro atoms. The van der Waals surface area contributed by atoms with Crippen LogP contribution in [0.2, 0.25) is 5.02 Å². The van der Waals surface area contributed by atoms with E-state index in [0.29, 0.717) is 12.2 Å². The second-order valence-electron chi connectivity index (χ2n) is 5.50. The number of hydrogen-bond donors (Lipinski definition) is 1. The van der Waals surface area contributed by atoms with Gasteiger partial charge in [-0.15, -0.1) is 5.10 Å². The Morgan fingerprint density at radius 2 is 2.35 bits per heavy atom. The zero-order valence-corrected chi connectivity index (χ0v) is 13.4. The van der Waals surface area contributed by atoms with E-state index in [9.17, 15) is 9.18 Å². The lowest BCUT2D eigenvalue weighted by molar-refractivity contribution is -0.125. The van der Waals surface area contributed by atoms with E-state index in [1.165, 1.54) is 12.1 Å². The number of likely N-dealkylation sites (tertiary alicyclic amines) is 1. The first kappa shape index (κ1) is 15.9.